The van der Waals surface area contributed by atoms with Crippen molar-refractivity contribution in [1.82, 2.24) is 9.97 Å². The van der Waals surface area contributed by atoms with E-state index in [0.717, 1.165) is 6.07 Å². The molecule has 7 nitrogen and oxygen atoms in total. The van der Waals surface area contributed by atoms with Gasteiger partial charge in [-0.2, -0.15) is 18.2 Å². The van der Waals surface area contributed by atoms with Crippen molar-refractivity contribution in [2.45, 2.75) is 19.5 Å². The number of carbonyl (C=O) groups is 1. The van der Waals surface area contributed by atoms with Crippen LogP contribution in [-0.2, 0) is 11.0 Å². The van der Waals surface area contributed by atoms with E-state index in [4.69, 9.17) is 5.11 Å². The van der Waals surface area contributed by atoms with E-state index in [9.17, 15) is 18.0 Å². The van der Waals surface area contributed by atoms with Gasteiger partial charge in [0.2, 0.25) is 11.9 Å². The van der Waals surface area contributed by atoms with Gasteiger partial charge in [-0.3, -0.25) is 4.79 Å². The van der Waals surface area contributed by atoms with Crippen molar-refractivity contribution >= 4 is 29.0 Å². The Labute approximate surface area is 147 Å². The highest BCUT2D eigenvalue weighted by molar-refractivity contribution is 5.88. The van der Waals surface area contributed by atoms with Gasteiger partial charge < -0.3 is 21.1 Å². The van der Waals surface area contributed by atoms with E-state index in [-0.39, 0.29) is 30.8 Å². The van der Waals surface area contributed by atoms with Crippen molar-refractivity contribution in [1.29, 1.82) is 0 Å². The third-order valence-corrected chi connectivity index (χ3v) is 3.11. The third kappa shape index (κ3) is 5.88. The van der Waals surface area contributed by atoms with Crippen LogP contribution in [0.25, 0.3) is 0 Å². The molecule has 10 heteroatoms. The Morgan fingerprint density at radius 2 is 1.81 bits per heavy atom. The zero-order valence-corrected chi connectivity index (χ0v) is 13.9. The molecule has 0 saturated carbocycles. The van der Waals surface area contributed by atoms with E-state index in [1.807, 2.05) is 0 Å². The molecule has 26 heavy (non-hydrogen) atoms. The minimum atomic E-state index is -4.62. The Kier molecular flexibility index (Phi) is 6.34. The normalized spacial score (nSPS) is 11.1. The molecule has 1 amide bonds. The van der Waals surface area contributed by atoms with E-state index < -0.39 is 11.9 Å². The number of nitrogens with zero attached hydrogens (tertiary/aromatic N) is 2. The molecule has 1 aromatic heterocycles. The number of alkyl halides is 3. The van der Waals surface area contributed by atoms with Crippen LogP contribution in [0.5, 0.6) is 0 Å². The predicted molar refractivity (Wildman–Crippen MR) is 91.3 cm³/mol. The number of hydrogen-bond acceptors (Lipinski definition) is 6. The van der Waals surface area contributed by atoms with Gasteiger partial charge in [-0.15, -0.1) is 0 Å². The van der Waals surface area contributed by atoms with Gasteiger partial charge in [0, 0.05) is 37.5 Å². The first-order valence-corrected chi connectivity index (χ1v) is 7.73. The number of rotatable bonds is 7. The fraction of sp³-hybridized carbons (Fsp3) is 0.312. The predicted octanol–water partition coefficient (Wildman–Crippen LogP) is 2.99. The van der Waals surface area contributed by atoms with Crippen LogP contribution in [-0.4, -0.2) is 34.1 Å². The van der Waals surface area contributed by atoms with E-state index in [2.05, 4.69) is 25.9 Å². The standard InChI is InChI=1S/C16H18F3N5O2/c1-10(26)21-11-3-5-12(6-4-11)22-14-9-13(16(17,18)19)23-15(24-14)20-7-2-8-25/h3-6,9,25H,2,7-8H2,1H3,(H,21,26)(H2,20,22,23,24). The Morgan fingerprint density at radius 1 is 1.15 bits per heavy atom. The highest BCUT2D eigenvalue weighted by atomic mass is 19.4. The average Bonchev–Trinajstić information content (AvgIpc) is 2.55. The van der Waals surface area contributed by atoms with E-state index in [1.165, 1.54) is 6.92 Å². The van der Waals surface area contributed by atoms with Crippen LogP contribution in [0.2, 0.25) is 0 Å². The second kappa shape index (κ2) is 8.48. The third-order valence-electron chi connectivity index (χ3n) is 3.11. The van der Waals surface area contributed by atoms with Gasteiger partial charge in [-0.25, -0.2) is 4.98 Å². The number of halogens is 3. The SMILES string of the molecule is CC(=O)Nc1ccc(Nc2cc(C(F)(F)F)nc(NCCCO)n2)cc1. The summed E-state index contributed by atoms with van der Waals surface area (Å²) in [5.41, 5.74) is -0.0309. The number of aliphatic hydroxyl groups excluding tert-OH is 1. The monoisotopic (exact) mass is 369 g/mol. The molecule has 0 aliphatic rings. The Morgan fingerprint density at radius 3 is 2.38 bits per heavy atom. The summed E-state index contributed by atoms with van der Waals surface area (Å²) in [6.07, 6.45) is -4.27. The molecular weight excluding hydrogens is 351 g/mol. The lowest BCUT2D eigenvalue weighted by atomic mass is 10.2. The van der Waals surface area contributed by atoms with Crippen molar-refractivity contribution in [2.75, 3.05) is 29.1 Å². The lowest BCUT2D eigenvalue weighted by Crippen LogP contribution is -2.14. The van der Waals surface area contributed by atoms with Gasteiger partial charge >= 0.3 is 6.18 Å². The fourth-order valence-electron chi connectivity index (χ4n) is 2.00. The molecule has 0 radical (unpaired) electrons. The zero-order chi connectivity index (χ0) is 19.2. The van der Waals surface area contributed by atoms with Gasteiger partial charge in [-0.1, -0.05) is 0 Å². The maximum absolute atomic E-state index is 13.0. The second-order valence-corrected chi connectivity index (χ2v) is 5.35. The van der Waals surface area contributed by atoms with Crippen molar-refractivity contribution in [3.05, 3.63) is 36.0 Å². The topological polar surface area (TPSA) is 99.2 Å². The maximum Gasteiger partial charge on any atom is 0.433 e. The molecule has 2 rings (SSSR count). The van der Waals surface area contributed by atoms with E-state index in [0.29, 0.717) is 17.8 Å². The summed E-state index contributed by atoms with van der Waals surface area (Å²) in [5, 5.41) is 16.8. The van der Waals surface area contributed by atoms with Gasteiger partial charge in [-0.05, 0) is 30.7 Å². The molecular formula is C16H18F3N5O2. The molecule has 0 aliphatic heterocycles. The molecule has 0 bridgehead atoms. The summed E-state index contributed by atoms with van der Waals surface area (Å²) in [4.78, 5) is 18.4. The van der Waals surface area contributed by atoms with Crippen LogP contribution in [0.1, 0.15) is 19.0 Å². The van der Waals surface area contributed by atoms with Crippen LogP contribution in [0.4, 0.5) is 36.3 Å². The minimum absolute atomic E-state index is 0.0360. The highest BCUT2D eigenvalue weighted by Gasteiger charge is 2.33. The molecule has 0 aliphatic carbocycles. The van der Waals surface area contributed by atoms with E-state index >= 15 is 0 Å². The molecule has 0 fully saturated rings. The summed E-state index contributed by atoms with van der Waals surface area (Å²) in [5.74, 6) is -0.452. The molecule has 1 aromatic carbocycles. The van der Waals surface area contributed by atoms with E-state index in [1.54, 1.807) is 24.3 Å². The summed E-state index contributed by atoms with van der Waals surface area (Å²) in [6, 6.07) is 7.21. The Bertz CT molecular complexity index is 751. The van der Waals surface area contributed by atoms with Crippen LogP contribution in [0.3, 0.4) is 0 Å². The van der Waals surface area contributed by atoms with Crippen LogP contribution in [0.15, 0.2) is 30.3 Å². The second-order valence-electron chi connectivity index (χ2n) is 5.35. The minimum Gasteiger partial charge on any atom is -0.396 e. The number of nitrogens with one attached hydrogen (secondary N) is 3. The van der Waals surface area contributed by atoms with Crippen molar-refractivity contribution in [3.8, 4) is 0 Å². The van der Waals surface area contributed by atoms with Crippen molar-refractivity contribution in [2.24, 2.45) is 0 Å². The first-order chi connectivity index (χ1) is 12.3. The highest BCUT2D eigenvalue weighted by Crippen LogP contribution is 2.30. The number of aromatic nitrogens is 2. The lowest BCUT2D eigenvalue weighted by Gasteiger charge is -2.13. The van der Waals surface area contributed by atoms with Gasteiger partial charge in [0.25, 0.3) is 0 Å². The first-order valence-electron chi connectivity index (χ1n) is 7.73. The van der Waals surface area contributed by atoms with Crippen LogP contribution >= 0.6 is 0 Å². The van der Waals surface area contributed by atoms with Crippen LogP contribution < -0.4 is 16.0 Å². The summed E-state index contributed by atoms with van der Waals surface area (Å²) in [7, 11) is 0. The maximum atomic E-state index is 13.0. The Hall–Kier alpha value is -2.88. The van der Waals surface area contributed by atoms with Crippen LogP contribution in [0, 0.1) is 0 Å². The number of benzene rings is 1. The van der Waals surface area contributed by atoms with Gasteiger partial charge in [0.05, 0.1) is 0 Å². The van der Waals surface area contributed by atoms with Crippen molar-refractivity contribution in [3.63, 3.8) is 0 Å². The van der Waals surface area contributed by atoms with Gasteiger partial charge in [0.15, 0.2) is 5.69 Å². The first kappa shape index (κ1) is 19.4. The smallest absolute Gasteiger partial charge is 0.396 e. The molecule has 0 spiro atoms. The summed E-state index contributed by atoms with van der Waals surface area (Å²) >= 11 is 0. The number of anilines is 4. The number of aliphatic hydroxyl groups is 1. The molecule has 0 unspecified atom stereocenters. The molecule has 0 atom stereocenters. The quantitative estimate of drug-likeness (QED) is 0.560. The number of hydrogen-bond donors (Lipinski definition) is 4. The Balaban J connectivity index is 2.21. The van der Waals surface area contributed by atoms with Crippen molar-refractivity contribution < 1.29 is 23.1 Å². The molecule has 1 heterocycles. The average molecular weight is 369 g/mol. The zero-order valence-electron chi connectivity index (χ0n) is 13.9. The van der Waals surface area contributed by atoms with Gasteiger partial charge in [0.1, 0.15) is 5.82 Å². The lowest BCUT2D eigenvalue weighted by molar-refractivity contribution is -0.141. The summed E-state index contributed by atoms with van der Waals surface area (Å²) in [6.45, 7) is 1.51. The number of amides is 1. The molecule has 2 aromatic rings. The largest absolute Gasteiger partial charge is 0.433 e. The molecule has 140 valence electrons. The number of carbonyl (C=O) groups excluding carboxylic acids is 1. The molecule has 4 N–H and O–H groups in total. The molecule has 0 saturated heterocycles. The fourth-order valence-corrected chi connectivity index (χ4v) is 2.00. The summed E-state index contributed by atoms with van der Waals surface area (Å²) < 4.78 is 39.1.